The molecule has 2 aromatic rings. The van der Waals surface area contributed by atoms with Crippen molar-refractivity contribution in [1.82, 2.24) is 5.32 Å². The number of nitrogens with one attached hydrogen (secondary N) is 1. The molecule has 0 aliphatic rings. The Labute approximate surface area is 164 Å². The van der Waals surface area contributed by atoms with E-state index in [4.69, 9.17) is 0 Å². The first-order valence-corrected chi connectivity index (χ1v) is 8.15. The number of ether oxygens (including phenoxy) is 1. The molecule has 0 bridgehead atoms. The maximum Gasteiger partial charge on any atom is 0.461 e. The number of benzene rings is 2. The van der Waals surface area contributed by atoms with Crippen LogP contribution in [0.1, 0.15) is 11.1 Å². The Morgan fingerprint density at radius 2 is 1.63 bits per heavy atom. The van der Waals surface area contributed by atoms with Gasteiger partial charge < -0.3 is 9.84 Å². The van der Waals surface area contributed by atoms with Crippen LogP contribution in [0.4, 0.5) is 39.5 Å². The SMILES string of the molecule is OC(Cc1cc(F)ccc1F)(NCc1cccc(OC(F)(F)C(F)F)c1)C(F)(F)F. The van der Waals surface area contributed by atoms with Gasteiger partial charge in [0.25, 0.3) is 0 Å². The number of halogens is 9. The van der Waals surface area contributed by atoms with Crippen LogP contribution >= 0.6 is 0 Å². The fourth-order valence-corrected chi connectivity index (χ4v) is 2.39. The van der Waals surface area contributed by atoms with Gasteiger partial charge in [-0.25, -0.2) is 8.78 Å². The summed E-state index contributed by atoms with van der Waals surface area (Å²) in [6.07, 6.45) is -15.7. The van der Waals surface area contributed by atoms with Crippen LogP contribution in [-0.4, -0.2) is 29.5 Å². The van der Waals surface area contributed by atoms with Gasteiger partial charge in [-0.15, -0.1) is 0 Å². The van der Waals surface area contributed by atoms with Crippen LogP contribution in [0.3, 0.4) is 0 Å². The van der Waals surface area contributed by atoms with Gasteiger partial charge in [0.2, 0.25) is 5.72 Å². The monoisotopic (exact) mass is 447 g/mol. The van der Waals surface area contributed by atoms with Crippen molar-refractivity contribution >= 4 is 0 Å². The Morgan fingerprint density at radius 3 is 2.23 bits per heavy atom. The molecule has 2 N–H and O–H groups in total. The van der Waals surface area contributed by atoms with E-state index in [0.717, 1.165) is 24.3 Å². The molecule has 0 aromatic heterocycles. The van der Waals surface area contributed by atoms with Crippen LogP contribution in [0.5, 0.6) is 5.75 Å². The summed E-state index contributed by atoms with van der Waals surface area (Å²) in [5.74, 6) is -2.97. The van der Waals surface area contributed by atoms with Gasteiger partial charge in [-0.3, -0.25) is 5.32 Å². The third-order valence-corrected chi connectivity index (χ3v) is 3.91. The number of alkyl halides is 7. The minimum atomic E-state index is -5.34. The Kier molecular flexibility index (Phi) is 6.92. The maximum absolute atomic E-state index is 13.7. The lowest BCUT2D eigenvalue weighted by molar-refractivity contribution is -0.273. The van der Waals surface area contributed by atoms with Crippen molar-refractivity contribution in [1.29, 1.82) is 0 Å². The lowest BCUT2D eigenvalue weighted by atomic mass is 10.0. The van der Waals surface area contributed by atoms with Gasteiger partial charge >= 0.3 is 18.7 Å². The molecule has 0 saturated carbocycles. The van der Waals surface area contributed by atoms with E-state index in [-0.39, 0.29) is 5.56 Å². The quantitative estimate of drug-likeness (QED) is 0.452. The summed E-state index contributed by atoms with van der Waals surface area (Å²) in [6, 6.07) is 5.56. The predicted molar refractivity (Wildman–Crippen MR) is 85.9 cm³/mol. The predicted octanol–water partition coefficient (Wildman–Crippen LogP) is 4.78. The minimum Gasteiger partial charge on any atom is -0.428 e. The highest BCUT2D eigenvalue weighted by molar-refractivity contribution is 5.29. The smallest absolute Gasteiger partial charge is 0.428 e. The second-order valence-corrected chi connectivity index (χ2v) is 6.24. The topological polar surface area (TPSA) is 41.5 Å². The van der Waals surface area contributed by atoms with Gasteiger partial charge in [-0.1, -0.05) is 12.1 Å². The standard InChI is InChI=1S/C18H14F9NO2/c19-12-4-5-14(20)11(7-12)8-16(29,18(25,26)27)28-9-10-2-1-3-13(6-10)30-17(23,24)15(21)22/h1-7,15,28-29H,8-9H2. The molecule has 3 nitrogen and oxygen atoms in total. The molecule has 2 rings (SSSR count). The number of rotatable bonds is 8. The molecule has 0 aliphatic carbocycles. The van der Waals surface area contributed by atoms with E-state index in [2.05, 4.69) is 4.74 Å². The van der Waals surface area contributed by atoms with E-state index < -0.39 is 60.3 Å². The summed E-state index contributed by atoms with van der Waals surface area (Å²) in [4.78, 5) is 0. The summed E-state index contributed by atoms with van der Waals surface area (Å²) < 4.78 is 121. The Hall–Kier alpha value is -2.47. The summed E-state index contributed by atoms with van der Waals surface area (Å²) in [7, 11) is 0. The van der Waals surface area contributed by atoms with Crippen LogP contribution in [0.2, 0.25) is 0 Å². The molecule has 0 fully saturated rings. The Morgan fingerprint density at radius 1 is 0.967 bits per heavy atom. The Bertz CT molecular complexity index is 873. The van der Waals surface area contributed by atoms with E-state index in [0.29, 0.717) is 18.2 Å². The summed E-state index contributed by atoms with van der Waals surface area (Å²) in [5, 5.41) is 11.7. The fraction of sp³-hybridized carbons (Fsp3) is 0.333. The van der Waals surface area contributed by atoms with Crippen molar-refractivity contribution in [2.45, 2.75) is 37.4 Å². The molecule has 2 aromatic carbocycles. The van der Waals surface area contributed by atoms with Crippen molar-refractivity contribution in [2.75, 3.05) is 0 Å². The summed E-state index contributed by atoms with van der Waals surface area (Å²) in [6.45, 7) is -0.801. The molecule has 0 radical (unpaired) electrons. The van der Waals surface area contributed by atoms with E-state index in [1.54, 1.807) is 5.32 Å². The zero-order valence-corrected chi connectivity index (χ0v) is 14.8. The van der Waals surface area contributed by atoms with Gasteiger partial charge in [-0.05, 0) is 41.5 Å². The van der Waals surface area contributed by atoms with E-state index in [1.807, 2.05) is 0 Å². The third kappa shape index (κ3) is 5.79. The second-order valence-electron chi connectivity index (χ2n) is 6.24. The van der Waals surface area contributed by atoms with Gasteiger partial charge in [-0.2, -0.15) is 30.7 Å². The first-order valence-electron chi connectivity index (χ1n) is 8.15. The normalized spacial score (nSPS) is 14.6. The number of hydrogen-bond donors (Lipinski definition) is 2. The average Bonchev–Trinajstić information content (AvgIpc) is 2.62. The molecule has 0 spiro atoms. The second kappa shape index (κ2) is 8.72. The molecular weight excluding hydrogens is 433 g/mol. The van der Waals surface area contributed by atoms with Gasteiger partial charge in [0, 0.05) is 13.0 Å². The van der Waals surface area contributed by atoms with Crippen molar-refractivity contribution in [3.05, 3.63) is 65.2 Å². The minimum absolute atomic E-state index is 0.153. The maximum atomic E-state index is 13.7. The van der Waals surface area contributed by atoms with Crippen LogP contribution < -0.4 is 10.1 Å². The highest BCUT2D eigenvalue weighted by Crippen LogP contribution is 2.33. The molecule has 12 heteroatoms. The zero-order chi connectivity index (χ0) is 22.7. The van der Waals surface area contributed by atoms with Crippen molar-refractivity contribution in [2.24, 2.45) is 0 Å². The van der Waals surface area contributed by atoms with Crippen molar-refractivity contribution < 1.29 is 49.4 Å². The molecule has 166 valence electrons. The Balaban J connectivity index is 2.21. The van der Waals surface area contributed by atoms with Crippen LogP contribution in [-0.2, 0) is 13.0 Å². The average molecular weight is 447 g/mol. The van der Waals surface area contributed by atoms with E-state index in [9.17, 15) is 44.6 Å². The first-order chi connectivity index (χ1) is 13.7. The number of aliphatic hydroxyl groups is 1. The molecule has 1 atom stereocenters. The molecule has 0 aliphatic heterocycles. The van der Waals surface area contributed by atoms with Crippen molar-refractivity contribution in [3.8, 4) is 5.75 Å². The molecule has 30 heavy (non-hydrogen) atoms. The van der Waals surface area contributed by atoms with Crippen LogP contribution in [0.15, 0.2) is 42.5 Å². The summed E-state index contributed by atoms with van der Waals surface area (Å²) >= 11 is 0. The molecule has 0 heterocycles. The highest BCUT2D eigenvalue weighted by Gasteiger charge is 2.54. The van der Waals surface area contributed by atoms with Crippen molar-refractivity contribution in [3.63, 3.8) is 0 Å². The van der Waals surface area contributed by atoms with Gasteiger partial charge in [0.05, 0.1) is 0 Å². The lowest BCUT2D eigenvalue weighted by Gasteiger charge is -2.32. The number of hydrogen-bond acceptors (Lipinski definition) is 3. The summed E-state index contributed by atoms with van der Waals surface area (Å²) in [5.41, 5.74) is -4.64. The van der Waals surface area contributed by atoms with E-state index >= 15 is 0 Å². The van der Waals surface area contributed by atoms with Crippen LogP contribution in [0.25, 0.3) is 0 Å². The lowest BCUT2D eigenvalue weighted by Crippen LogP contribution is -2.58. The molecule has 0 amide bonds. The molecule has 1 unspecified atom stereocenters. The van der Waals surface area contributed by atoms with Gasteiger partial charge in [0.15, 0.2) is 0 Å². The first kappa shape index (κ1) is 23.8. The molecule has 0 saturated heterocycles. The fourth-order valence-electron chi connectivity index (χ4n) is 2.39. The highest BCUT2D eigenvalue weighted by atomic mass is 19.4. The third-order valence-electron chi connectivity index (χ3n) is 3.91. The zero-order valence-electron chi connectivity index (χ0n) is 14.8. The molecular formula is C18H14F9NO2. The van der Waals surface area contributed by atoms with Crippen LogP contribution in [0, 0.1) is 11.6 Å². The van der Waals surface area contributed by atoms with Gasteiger partial charge in [0.1, 0.15) is 17.4 Å². The van der Waals surface area contributed by atoms with E-state index in [1.165, 1.54) is 0 Å². The largest absolute Gasteiger partial charge is 0.461 e.